The molecule has 0 atom stereocenters. The van der Waals surface area contributed by atoms with Crippen molar-refractivity contribution in [3.63, 3.8) is 0 Å². The molecule has 0 saturated heterocycles. The molecule has 1 aromatic carbocycles. The number of amidine groups is 1. The maximum Gasteiger partial charge on any atom is 0.130 e. The van der Waals surface area contributed by atoms with E-state index in [0.29, 0.717) is 28.9 Å². The van der Waals surface area contributed by atoms with Crippen LogP contribution in [0, 0.1) is 11.3 Å². The van der Waals surface area contributed by atoms with Gasteiger partial charge in [-0.2, -0.15) is 0 Å². The monoisotopic (exact) mass is 240 g/mol. The molecule has 0 aliphatic rings. The molecule has 0 aliphatic carbocycles. The normalized spacial score (nSPS) is 10.5. The Balaban J connectivity index is 2.75. The summed E-state index contributed by atoms with van der Waals surface area (Å²) in [6, 6.07) is 5.13. The maximum atomic E-state index is 7.43. The third kappa shape index (κ3) is 3.74. The lowest BCUT2D eigenvalue weighted by molar-refractivity contribution is 0.289. The summed E-state index contributed by atoms with van der Waals surface area (Å²) in [5.41, 5.74) is 6.01. The first kappa shape index (κ1) is 12.8. The number of nitrogen functional groups attached to an aromatic ring is 1. The van der Waals surface area contributed by atoms with Gasteiger partial charge in [-0.15, -0.1) is 0 Å². The Morgan fingerprint density at radius 2 is 2.19 bits per heavy atom. The number of nitrogens with two attached hydrogens (primary N) is 1. The first-order valence-corrected chi connectivity index (χ1v) is 5.65. The lowest BCUT2D eigenvalue weighted by Crippen LogP contribution is -2.13. The third-order valence-corrected chi connectivity index (χ3v) is 2.42. The van der Waals surface area contributed by atoms with Crippen molar-refractivity contribution >= 4 is 17.4 Å². The number of benzene rings is 1. The van der Waals surface area contributed by atoms with E-state index in [-0.39, 0.29) is 5.84 Å². The fraction of sp³-hybridized carbons (Fsp3) is 0.417. The van der Waals surface area contributed by atoms with Crippen molar-refractivity contribution in [2.75, 3.05) is 6.61 Å². The number of rotatable bonds is 5. The molecule has 0 heterocycles. The van der Waals surface area contributed by atoms with E-state index in [0.717, 1.165) is 6.42 Å². The van der Waals surface area contributed by atoms with Crippen molar-refractivity contribution in [1.29, 1.82) is 5.41 Å². The molecule has 0 aliphatic heterocycles. The fourth-order valence-electron chi connectivity index (χ4n) is 1.24. The highest BCUT2D eigenvalue weighted by Gasteiger charge is 2.07. The van der Waals surface area contributed by atoms with Gasteiger partial charge in [0.05, 0.1) is 12.2 Å². The molecule has 0 bridgehead atoms. The molecule has 0 aromatic heterocycles. The van der Waals surface area contributed by atoms with Gasteiger partial charge in [-0.3, -0.25) is 5.41 Å². The highest BCUT2D eigenvalue weighted by molar-refractivity contribution is 6.31. The molecule has 0 saturated carbocycles. The first-order chi connectivity index (χ1) is 7.50. The average Bonchev–Trinajstić information content (AvgIpc) is 2.19. The van der Waals surface area contributed by atoms with Crippen LogP contribution >= 0.6 is 11.6 Å². The van der Waals surface area contributed by atoms with Gasteiger partial charge >= 0.3 is 0 Å². The number of nitrogens with one attached hydrogen (secondary N) is 1. The second-order valence-corrected chi connectivity index (χ2v) is 4.52. The maximum absolute atomic E-state index is 7.43. The van der Waals surface area contributed by atoms with E-state index in [2.05, 4.69) is 13.8 Å². The second-order valence-electron chi connectivity index (χ2n) is 4.09. The Labute approximate surface area is 101 Å². The molecular weight excluding hydrogens is 224 g/mol. The zero-order chi connectivity index (χ0) is 12.1. The highest BCUT2D eigenvalue weighted by Crippen LogP contribution is 2.22. The smallest absolute Gasteiger partial charge is 0.130 e. The van der Waals surface area contributed by atoms with E-state index in [9.17, 15) is 0 Å². The van der Waals surface area contributed by atoms with Crippen molar-refractivity contribution in [3.8, 4) is 5.75 Å². The van der Waals surface area contributed by atoms with Gasteiger partial charge in [0.1, 0.15) is 11.6 Å². The Bertz CT molecular complexity index is 377. The molecule has 1 aromatic rings. The molecule has 1 rings (SSSR count). The van der Waals surface area contributed by atoms with Crippen LogP contribution in [0.1, 0.15) is 25.8 Å². The summed E-state index contributed by atoms with van der Waals surface area (Å²) in [6.07, 6.45) is 0.972. The lowest BCUT2D eigenvalue weighted by Gasteiger charge is -2.11. The Morgan fingerprint density at radius 3 is 2.75 bits per heavy atom. The number of halogens is 1. The molecule has 3 N–H and O–H groups in total. The summed E-state index contributed by atoms with van der Waals surface area (Å²) in [6.45, 7) is 4.90. The van der Waals surface area contributed by atoms with Crippen LogP contribution in [0.3, 0.4) is 0 Å². The summed E-state index contributed by atoms with van der Waals surface area (Å²) >= 11 is 5.84. The highest BCUT2D eigenvalue weighted by atomic mass is 35.5. The van der Waals surface area contributed by atoms with Gasteiger partial charge in [-0.05, 0) is 30.5 Å². The van der Waals surface area contributed by atoms with Crippen LogP contribution < -0.4 is 10.5 Å². The fourth-order valence-corrected chi connectivity index (χ4v) is 1.42. The minimum absolute atomic E-state index is 0.0259. The topological polar surface area (TPSA) is 59.1 Å². The second kappa shape index (κ2) is 5.75. The molecule has 88 valence electrons. The van der Waals surface area contributed by atoms with Crippen LogP contribution in [0.25, 0.3) is 0 Å². The van der Waals surface area contributed by atoms with Crippen LogP contribution in [0.4, 0.5) is 0 Å². The van der Waals surface area contributed by atoms with Crippen molar-refractivity contribution < 1.29 is 4.74 Å². The quantitative estimate of drug-likeness (QED) is 0.614. The van der Waals surface area contributed by atoms with Crippen molar-refractivity contribution in [2.24, 2.45) is 11.7 Å². The van der Waals surface area contributed by atoms with Crippen LogP contribution in [0.5, 0.6) is 5.75 Å². The van der Waals surface area contributed by atoms with Gasteiger partial charge in [-0.25, -0.2) is 0 Å². The third-order valence-electron chi connectivity index (χ3n) is 2.18. The summed E-state index contributed by atoms with van der Waals surface area (Å²) in [5.74, 6) is 1.19. The van der Waals surface area contributed by atoms with Gasteiger partial charge in [-0.1, -0.05) is 25.4 Å². The van der Waals surface area contributed by atoms with Gasteiger partial charge in [0.15, 0.2) is 0 Å². The van der Waals surface area contributed by atoms with Crippen molar-refractivity contribution in [2.45, 2.75) is 20.3 Å². The number of ether oxygens (including phenoxy) is 1. The van der Waals surface area contributed by atoms with Gasteiger partial charge in [0, 0.05) is 5.02 Å². The van der Waals surface area contributed by atoms with Crippen LogP contribution in [-0.4, -0.2) is 12.4 Å². The minimum atomic E-state index is -0.0259. The molecule has 16 heavy (non-hydrogen) atoms. The van der Waals surface area contributed by atoms with Crippen LogP contribution in [-0.2, 0) is 0 Å². The van der Waals surface area contributed by atoms with E-state index >= 15 is 0 Å². The lowest BCUT2D eigenvalue weighted by atomic mass is 10.1. The minimum Gasteiger partial charge on any atom is -0.493 e. The average molecular weight is 241 g/mol. The van der Waals surface area contributed by atoms with E-state index in [1.165, 1.54) is 0 Å². The van der Waals surface area contributed by atoms with E-state index in [1.54, 1.807) is 18.2 Å². The van der Waals surface area contributed by atoms with E-state index in [1.807, 2.05) is 0 Å². The summed E-state index contributed by atoms with van der Waals surface area (Å²) in [7, 11) is 0. The largest absolute Gasteiger partial charge is 0.493 e. The van der Waals surface area contributed by atoms with Gasteiger partial charge in [0.2, 0.25) is 0 Å². The Morgan fingerprint density at radius 1 is 1.50 bits per heavy atom. The van der Waals surface area contributed by atoms with E-state index in [4.69, 9.17) is 27.5 Å². The standard InChI is InChI=1S/C12H17ClN2O/c1-8(2)5-6-16-11-4-3-9(13)7-10(11)12(14)15/h3-4,7-8H,5-6H2,1-2H3,(H3,14,15). The number of hydrogen-bond donors (Lipinski definition) is 2. The van der Waals surface area contributed by atoms with Crippen LogP contribution in [0.15, 0.2) is 18.2 Å². The molecule has 0 radical (unpaired) electrons. The predicted molar refractivity (Wildman–Crippen MR) is 67.4 cm³/mol. The van der Waals surface area contributed by atoms with Gasteiger partial charge < -0.3 is 10.5 Å². The molecule has 0 spiro atoms. The molecule has 4 heteroatoms. The molecular formula is C12H17ClN2O. The van der Waals surface area contributed by atoms with Gasteiger partial charge in [0.25, 0.3) is 0 Å². The summed E-state index contributed by atoms with van der Waals surface area (Å²) in [5, 5.41) is 7.99. The van der Waals surface area contributed by atoms with E-state index < -0.39 is 0 Å². The predicted octanol–water partition coefficient (Wildman–Crippen LogP) is 3.05. The molecule has 0 fully saturated rings. The summed E-state index contributed by atoms with van der Waals surface area (Å²) < 4.78 is 5.58. The summed E-state index contributed by atoms with van der Waals surface area (Å²) in [4.78, 5) is 0. The SMILES string of the molecule is CC(C)CCOc1ccc(Cl)cc1C(=N)N. The first-order valence-electron chi connectivity index (χ1n) is 5.27. The zero-order valence-corrected chi connectivity index (χ0v) is 10.3. The zero-order valence-electron chi connectivity index (χ0n) is 9.59. The van der Waals surface area contributed by atoms with Crippen LogP contribution in [0.2, 0.25) is 5.02 Å². The van der Waals surface area contributed by atoms with Crippen molar-refractivity contribution in [3.05, 3.63) is 28.8 Å². The van der Waals surface area contributed by atoms with Crippen molar-refractivity contribution in [1.82, 2.24) is 0 Å². The number of hydrogen-bond acceptors (Lipinski definition) is 2. The Kier molecular flexibility index (Phi) is 4.62. The molecule has 3 nitrogen and oxygen atoms in total. The molecule has 0 unspecified atom stereocenters. The molecule has 0 amide bonds. The Hall–Kier alpha value is -1.22.